The van der Waals surface area contributed by atoms with Gasteiger partial charge in [0.15, 0.2) is 11.6 Å². The second-order valence-corrected chi connectivity index (χ2v) is 6.71. The van der Waals surface area contributed by atoms with Crippen molar-refractivity contribution in [1.82, 2.24) is 19.6 Å². The zero-order chi connectivity index (χ0) is 19.7. The van der Waals surface area contributed by atoms with Gasteiger partial charge in [0, 0.05) is 5.56 Å². The standard InChI is InChI=1S/C22H23N5O/c1-5-28-19-9-7-6-8-18(19)24-22-20-15(3)23-16(4)27(20)26-21(25-22)17-12-10-14(2)11-13-17/h6-13H,5H2,1-4H3,(H,24,25,26). The zero-order valence-electron chi connectivity index (χ0n) is 16.5. The number of anilines is 2. The molecule has 0 bridgehead atoms. The van der Waals surface area contributed by atoms with Gasteiger partial charge in [-0.3, -0.25) is 0 Å². The van der Waals surface area contributed by atoms with E-state index < -0.39 is 0 Å². The first-order valence-electron chi connectivity index (χ1n) is 9.36. The summed E-state index contributed by atoms with van der Waals surface area (Å²) in [6, 6.07) is 16.0. The lowest BCUT2D eigenvalue weighted by Gasteiger charge is -2.14. The van der Waals surface area contributed by atoms with Gasteiger partial charge in [-0.25, -0.2) is 14.5 Å². The molecule has 28 heavy (non-hydrogen) atoms. The highest BCUT2D eigenvalue weighted by molar-refractivity contribution is 5.79. The Kier molecular flexibility index (Phi) is 4.69. The Labute approximate surface area is 164 Å². The van der Waals surface area contributed by atoms with Crippen molar-refractivity contribution in [2.45, 2.75) is 27.7 Å². The highest BCUT2D eigenvalue weighted by Crippen LogP contribution is 2.31. The molecular formula is C22H23N5O. The molecule has 0 saturated carbocycles. The summed E-state index contributed by atoms with van der Waals surface area (Å²) in [5, 5.41) is 8.17. The number of nitrogens with one attached hydrogen (secondary N) is 1. The summed E-state index contributed by atoms with van der Waals surface area (Å²) in [6.45, 7) is 8.55. The minimum Gasteiger partial charge on any atom is -0.492 e. The van der Waals surface area contributed by atoms with Crippen molar-refractivity contribution in [3.63, 3.8) is 0 Å². The van der Waals surface area contributed by atoms with Gasteiger partial charge in [-0.2, -0.15) is 0 Å². The lowest BCUT2D eigenvalue weighted by atomic mass is 10.1. The highest BCUT2D eigenvalue weighted by Gasteiger charge is 2.16. The molecule has 0 radical (unpaired) electrons. The highest BCUT2D eigenvalue weighted by atomic mass is 16.5. The molecule has 2 aromatic heterocycles. The summed E-state index contributed by atoms with van der Waals surface area (Å²) in [6.07, 6.45) is 0. The zero-order valence-corrected chi connectivity index (χ0v) is 16.5. The lowest BCUT2D eigenvalue weighted by Crippen LogP contribution is -2.06. The SMILES string of the molecule is CCOc1ccccc1Nc1nc(-c2ccc(C)cc2)nn2c(C)nc(C)c12. The van der Waals surface area contributed by atoms with Crippen LogP contribution in [0.15, 0.2) is 48.5 Å². The number of hydrogen-bond acceptors (Lipinski definition) is 5. The van der Waals surface area contributed by atoms with E-state index in [-0.39, 0.29) is 0 Å². The Morgan fingerprint density at radius 1 is 0.964 bits per heavy atom. The number of hydrogen-bond donors (Lipinski definition) is 1. The van der Waals surface area contributed by atoms with E-state index >= 15 is 0 Å². The third-order valence-electron chi connectivity index (χ3n) is 4.58. The fourth-order valence-corrected chi connectivity index (χ4v) is 3.22. The van der Waals surface area contributed by atoms with Crippen LogP contribution in [-0.2, 0) is 0 Å². The smallest absolute Gasteiger partial charge is 0.182 e. The number of benzene rings is 2. The molecule has 0 fully saturated rings. The first-order valence-corrected chi connectivity index (χ1v) is 9.36. The Hall–Kier alpha value is -3.41. The number of rotatable bonds is 5. The molecule has 0 spiro atoms. The average molecular weight is 373 g/mol. The predicted octanol–water partition coefficient (Wildman–Crippen LogP) is 4.86. The van der Waals surface area contributed by atoms with Gasteiger partial charge in [0.2, 0.25) is 0 Å². The molecule has 1 N–H and O–H groups in total. The first kappa shape index (κ1) is 18.0. The predicted molar refractivity (Wildman–Crippen MR) is 111 cm³/mol. The number of imidazole rings is 1. The fraction of sp³-hybridized carbons (Fsp3) is 0.227. The quantitative estimate of drug-likeness (QED) is 0.541. The number of ether oxygens (including phenoxy) is 1. The lowest BCUT2D eigenvalue weighted by molar-refractivity contribution is 0.342. The van der Waals surface area contributed by atoms with E-state index in [1.165, 1.54) is 5.56 Å². The molecule has 4 aromatic rings. The summed E-state index contributed by atoms with van der Waals surface area (Å²) in [7, 11) is 0. The van der Waals surface area contributed by atoms with Crippen LogP contribution in [-0.4, -0.2) is 26.2 Å². The molecule has 2 heterocycles. The molecule has 0 aliphatic heterocycles. The number of fused-ring (bicyclic) bond motifs is 1. The first-order chi connectivity index (χ1) is 13.6. The maximum absolute atomic E-state index is 5.76. The van der Waals surface area contributed by atoms with E-state index in [0.29, 0.717) is 18.2 Å². The Bertz CT molecular complexity index is 1130. The molecule has 6 nitrogen and oxygen atoms in total. The van der Waals surface area contributed by atoms with Gasteiger partial charge < -0.3 is 10.1 Å². The molecule has 0 atom stereocenters. The van der Waals surface area contributed by atoms with Crippen LogP contribution in [0.25, 0.3) is 16.9 Å². The van der Waals surface area contributed by atoms with Crippen LogP contribution in [0, 0.1) is 20.8 Å². The van der Waals surface area contributed by atoms with Gasteiger partial charge in [-0.05, 0) is 39.8 Å². The van der Waals surface area contributed by atoms with E-state index in [4.69, 9.17) is 14.8 Å². The monoisotopic (exact) mass is 373 g/mol. The molecule has 0 aliphatic rings. The van der Waals surface area contributed by atoms with E-state index in [2.05, 4.69) is 29.4 Å². The molecule has 0 amide bonds. The Balaban J connectivity index is 1.88. The van der Waals surface area contributed by atoms with Crippen LogP contribution in [0.1, 0.15) is 24.0 Å². The van der Waals surface area contributed by atoms with Gasteiger partial charge in [0.1, 0.15) is 17.1 Å². The van der Waals surface area contributed by atoms with Crippen molar-refractivity contribution in [2.24, 2.45) is 0 Å². The summed E-state index contributed by atoms with van der Waals surface area (Å²) < 4.78 is 7.61. The van der Waals surface area contributed by atoms with E-state index in [1.54, 1.807) is 0 Å². The Morgan fingerprint density at radius 3 is 2.46 bits per heavy atom. The largest absolute Gasteiger partial charge is 0.492 e. The molecule has 2 aromatic carbocycles. The third kappa shape index (κ3) is 3.29. The van der Waals surface area contributed by atoms with Crippen molar-refractivity contribution < 1.29 is 4.74 Å². The van der Waals surface area contributed by atoms with Crippen LogP contribution in [0.4, 0.5) is 11.5 Å². The molecular weight excluding hydrogens is 350 g/mol. The minimum absolute atomic E-state index is 0.595. The summed E-state index contributed by atoms with van der Waals surface area (Å²) in [5.74, 6) is 2.96. The van der Waals surface area contributed by atoms with E-state index in [1.807, 2.05) is 61.7 Å². The molecule has 0 aliphatic carbocycles. The van der Waals surface area contributed by atoms with Crippen LogP contribution in [0.2, 0.25) is 0 Å². The van der Waals surface area contributed by atoms with Crippen LogP contribution >= 0.6 is 0 Å². The summed E-state index contributed by atoms with van der Waals surface area (Å²) in [4.78, 5) is 9.42. The van der Waals surface area contributed by atoms with Gasteiger partial charge in [-0.15, -0.1) is 5.10 Å². The van der Waals surface area contributed by atoms with Crippen molar-refractivity contribution >= 4 is 17.0 Å². The average Bonchev–Trinajstić information content (AvgIpc) is 2.98. The van der Waals surface area contributed by atoms with Crippen LogP contribution < -0.4 is 10.1 Å². The van der Waals surface area contributed by atoms with E-state index in [9.17, 15) is 0 Å². The van der Waals surface area contributed by atoms with Crippen LogP contribution in [0.3, 0.4) is 0 Å². The Morgan fingerprint density at radius 2 is 1.71 bits per heavy atom. The minimum atomic E-state index is 0.595. The molecule has 4 rings (SSSR count). The third-order valence-corrected chi connectivity index (χ3v) is 4.58. The maximum Gasteiger partial charge on any atom is 0.182 e. The van der Waals surface area contributed by atoms with Crippen LogP contribution in [0.5, 0.6) is 5.75 Å². The van der Waals surface area contributed by atoms with Crippen molar-refractivity contribution in [3.05, 3.63) is 65.6 Å². The topological polar surface area (TPSA) is 64.3 Å². The number of nitrogens with zero attached hydrogens (tertiary/aromatic N) is 4. The molecule has 0 unspecified atom stereocenters. The normalized spacial score (nSPS) is 11.0. The van der Waals surface area contributed by atoms with E-state index in [0.717, 1.165) is 34.0 Å². The van der Waals surface area contributed by atoms with Gasteiger partial charge >= 0.3 is 0 Å². The van der Waals surface area contributed by atoms with Crippen molar-refractivity contribution in [1.29, 1.82) is 0 Å². The van der Waals surface area contributed by atoms with Crippen molar-refractivity contribution in [2.75, 3.05) is 11.9 Å². The van der Waals surface area contributed by atoms with Gasteiger partial charge in [0.25, 0.3) is 0 Å². The number of para-hydroxylation sites is 2. The second kappa shape index (κ2) is 7.31. The number of aromatic nitrogens is 4. The van der Waals surface area contributed by atoms with Gasteiger partial charge in [-0.1, -0.05) is 42.0 Å². The molecule has 0 saturated heterocycles. The maximum atomic E-state index is 5.76. The molecule has 6 heteroatoms. The second-order valence-electron chi connectivity index (χ2n) is 6.71. The number of aryl methyl sites for hydroxylation is 3. The van der Waals surface area contributed by atoms with Crippen molar-refractivity contribution in [3.8, 4) is 17.1 Å². The summed E-state index contributed by atoms with van der Waals surface area (Å²) in [5.41, 5.74) is 4.75. The summed E-state index contributed by atoms with van der Waals surface area (Å²) >= 11 is 0. The van der Waals surface area contributed by atoms with Gasteiger partial charge in [0.05, 0.1) is 18.0 Å². The fourth-order valence-electron chi connectivity index (χ4n) is 3.22. The molecule has 142 valence electrons.